The van der Waals surface area contributed by atoms with E-state index >= 15 is 0 Å². The second-order valence-electron chi connectivity index (χ2n) is 10.1. The highest BCUT2D eigenvalue weighted by Crippen LogP contribution is 2.53. The summed E-state index contributed by atoms with van der Waals surface area (Å²) < 4.78 is 87.3. The molecule has 2 atom stereocenters. The van der Waals surface area contributed by atoms with E-state index < -0.39 is 47.5 Å². The van der Waals surface area contributed by atoms with Crippen molar-refractivity contribution in [3.05, 3.63) is 88.5 Å². The quantitative estimate of drug-likeness (QED) is 0.287. The van der Waals surface area contributed by atoms with Crippen molar-refractivity contribution in [1.82, 2.24) is 5.32 Å². The maximum Gasteiger partial charge on any atom is 0.586 e. The summed E-state index contributed by atoms with van der Waals surface area (Å²) in [7, 11) is 1.23. The number of carbonyl (C=O) groups excluding carboxylic acids is 2. The number of alkyl halides is 5. The third-order valence-corrected chi connectivity index (χ3v) is 7.56. The molecule has 1 saturated carbocycles. The highest BCUT2D eigenvalue weighted by molar-refractivity contribution is 5.92. The summed E-state index contributed by atoms with van der Waals surface area (Å²) in [5.74, 6) is -1.40. The van der Waals surface area contributed by atoms with Crippen LogP contribution in [0.15, 0.2) is 60.7 Å². The van der Waals surface area contributed by atoms with Gasteiger partial charge in [-0.05, 0) is 60.4 Å². The lowest BCUT2D eigenvalue weighted by Gasteiger charge is -2.34. The Morgan fingerprint density at radius 3 is 2.41 bits per heavy atom. The molecule has 3 aromatic rings. The minimum absolute atomic E-state index is 0.0556. The van der Waals surface area contributed by atoms with E-state index in [2.05, 4.69) is 14.8 Å². The number of hydrogen-bond donors (Lipinski definition) is 1. The van der Waals surface area contributed by atoms with Crippen molar-refractivity contribution in [3.63, 3.8) is 0 Å². The van der Waals surface area contributed by atoms with Gasteiger partial charge in [-0.15, -0.1) is 8.78 Å². The van der Waals surface area contributed by atoms with Gasteiger partial charge in [0, 0.05) is 12.0 Å². The van der Waals surface area contributed by atoms with Gasteiger partial charge in [-0.2, -0.15) is 13.2 Å². The predicted molar refractivity (Wildman–Crippen MR) is 132 cm³/mol. The molecule has 6 rings (SSSR count). The highest BCUT2D eigenvalue weighted by Gasteiger charge is 2.53. The first kappa shape index (κ1) is 26.9. The zero-order chi connectivity index (χ0) is 29.2. The SMILES string of the molecule is COC(=O)c1cccc([C@H]2C[C@@H](NC(=O)C3(c4ccc5c(c4)OC(F)(F)O5)CC3)c3ccc(C(F)(F)F)cc3O2)c1. The highest BCUT2D eigenvalue weighted by atomic mass is 19.4. The van der Waals surface area contributed by atoms with Crippen molar-refractivity contribution in [2.75, 3.05) is 7.11 Å². The van der Waals surface area contributed by atoms with Crippen LogP contribution in [0, 0.1) is 0 Å². The number of hydrogen-bond acceptors (Lipinski definition) is 6. The fraction of sp³-hybridized carbons (Fsp3) is 0.310. The first-order valence-corrected chi connectivity index (χ1v) is 12.7. The molecule has 1 fully saturated rings. The van der Waals surface area contributed by atoms with E-state index in [0.29, 0.717) is 29.5 Å². The summed E-state index contributed by atoms with van der Waals surface area (Å²) in [5.41, 5.74) is -0.394. The lowest BCUT2D eigenvalue weighted by Crippen LogP contribution is -2.39. The largest absolute Gasteiger partial charge is 0.586 e. The number of carbonyl (C=O) groups is 2. The molecule has 2 aliphatic heterocycles. The van der Waals surface area contributed by atoms with Gasteiger partial charge in [0.1, 0.15) is 11.9 Å². The summed E-state index contributed by atoms with van der Waals surface area (Å²) in [6.45, 7) is 0. The van der Waals surface area contributed by atoms with Gasteiger partial charge in [0.05, 0.1) is 29.7 Å². The maximum absolute atomic E-state index is 13.7. The number of benzene rings is 3. The number of amides is 1. The van der Waals surface area contributed by atoms with Gasteiger partial charge in [-0.25, -0.2) is 4.79 Å². The van der Waals surface area contributed by atoms with Crippen LogP contribution in [0.1, 0.15) is 64.0 Å². The zero-order valence-electron chi connectivity index (χ0n) is 21.4. The molecule has 1 amide bonds. The molecule has 0 spiro atoms. The number of nitrogens with one attached hydrogen (secondary N) is 1. The van der Waals surface area contributed by atoms with Crippen LogP contribution < -0.4 is 19.5 Å². The van der Waals surface area contributed by atoms with Gasteiger partial charge in [0.15, 0.2) is 11.5 Å². The summed E-state index contributed by atoms with van der Waals surface area (Å²) in [4.78, 5) is 25.7. The Bertz CT molecular complexity index is 1550. The van der Waals surface area contributed by atoms with E-state index in [1.54, 1.807) is 12.1 Å². The molecule has 1 N–H and O–H groups in total. The molecular formula is C29H22F5NO6. The van der Waals surface area contributed by atoms with Gasteiger partial charge in [-0.3, -0.25) is 4.79 Å². The van der Waals surface area contributed by atoms with Crippen LogP contribution in [-0.4, -0.2) is 25.3 Å². The van der Waals surface area contributed by atoms with E-state index in [1.807, 2.05) is 0 Å². The zero-order valence-corrected chi connectivity index (χ0v) is 21.4. The molecular weight excluding hydrogens is 553 g/mol. The number of fused-ring (bicyclic) bond motifs is 2. The standard InChI is InChI=1S/C29H22F5NO6/c1-38-25(36)16-4-2-3-15(11-16)22-14-20(19-7-5-18(28(30,31)32)13-23(19)39-22)35-26(37)27(9-10-27)17-6-8-21-24(12-17)41-29(33,34)40-21/h2-8,11-13,20,22H,9-10,14H2,1H3,(H,35,37)/t20-,22-/m1/s1. The van der Waals surface area contributed by atoms with Gasteiger partial charge in [0.2, 0.25) is 5.91 Å². The molecule has 3 aliphatic rings. The van der Waals surface area contributed by atoms with Crippen LogP contribution in [0.3, 0.4) is 0 Å². The van der Waals surface area contributed by atoms with Crippen LogP contribution in [0.25, 0.3) is 0 Å². The molecule has 214 valence electrons. The summed E-state index contributed by atoms with van der Waals surface area (Å²) >= 11 is 0. The summed E-state index contributed by atoms with van der Waals surface area (Å²) in [6.07, 6.45) is -8.21. The molecule has 1 aliphatic carbocycles. The van der Waals surface area contributed by atoms with E-state index in [4.69, 9.17) is 9.47 Å². The third-order valence-electron chi connectivity index (χ3n) is 7.56. The monoisotopic (exact) mass is 575 g/mol. The second kappa shape index (κ2) is 9.35. The molecule has 0 saturated heterocycles. The van der Waals surface area contributed by atoms with Crippen molar-refractivity contribution >= 4 is 11.9 Å². The Balaban J connectivity index is 1.31. The molecule has 0 aromatic heterocycles. The Morgan fingerprint density at radius 2 is 1.71 bits per heavy atom. The number of halogens is 5. The topological polar surface area (TPSA) is 83.1 Å². The first-order chi connectivity index (χ1) is 19.4. The molecule has 12 heteroatoms. The lowest BCUT2D eigenvalue weighted by molar-refractivity contribution is -0.286. The fourth-order valence-electron chi connectivity index (χ4n) is 5.28. The Labute approximate surface area is 230 Å². The van der Waals surface area contributed by atoms with Crippen LogP contribution in [0.5, 0.6) is 17.2 Å². The number of esters is 1. The Kier molecular flexibility index (Phi) is 6.13. The Morgan fingerprint density at radius 1 is 0.951 bits per heavy atom. The van der Waals surface area contributed by atoms with E-state index in [0.717, 1.165) is 12.1 Å². The van der Waals surface area contributed by atoms with Crippen molar-refractivity contribution in [3.8, 4) is 17.2 Å². The maximum atomic E-state index is 13.7. The average molecular weight is 575 g/mol. The summed E-state index contributed by atoms with van der Waals surface area (Å²) in [6, 6.07) is 12.8. The number of methoxy groups -OCH3 is 1. The van der Waals surface area contributed by atoms with E-state index in [-0.39, 0.29) is 29.2 Å². The van der Waals surface area contributed by atoms with Crippen molar-refractivity contribution in [2.45, 2.75) is 49.3 Å². The van der Waals surface area contributed by atoms with Gasteiger partial charge in [0.25, 0.3) is 0 Å². The first-order valence-electron chi connectivity index (χ1n) is 12.7. The molecule has 0 radical (unpaired) electrons. The second-order valence-corrected chi connectivity index (χ2v) is 10.1. The number of ether oxygens (including phenoxy) is 4. The van der Waals surface area contributed by atoms with Crippen molar-refractivity contribution in [2.24, 2.45) is 0 Å². The van der Waals surface area contributed by atoms with E-state index in [9.17, 15) is 31.5 Å². The van der Waals surface area contributed by atoms with Gasteiger partial charge < -0.3 is 24.3 Å². The minimum atomic E-state index is -4.62. The normalized spacial score (nSPS) is 21.3. The van der Waals surface area contributed by atoms with Gasteiger partial charge >= 0.3 is 18.4 Å². The molecule has 0 unspecified atom stereocenters. The molecule has 7 nitrogen and oxygen atoms in total. The van der Waals surface area contributed by atoms with Crippen LogP contribution in [0.4, 0.5) is 22.0 Å². The smallest absolute Gasteiger partial charge is 0.485 e. The van der Waals surface area contributed by atoms with Crippen molar-refractivity contribution < 1.29 is 50.5 Å². The van der Waals surface area contributed by atoms with Crippen LogP contribution in [0.2, 0.25) is 0 Å². The predicted octanol–water partition coefficient (Wildman–Crippen LogP) is 6.23. The molecule has 0 bridgehead atoms. The van der Waals surface area contributed by atoms with E-state index in [1.165, 1.54) is 43.5 Å². The molecule has 41 heavy (non-hydrogen) atoms. The van der Waals surface area contributed by atoms with Gasteiger partial charge in [-0.1, -0.05) is 24.3 Å². The average Bonchev–Trinajstić information content (AvgIpc) is 3.68. The summed E-state index contributed by atoms with van der Waals surface area (Å²) in [5, 5.41) is 2.95. The van der Waals surface area contributed by atoms with Crippen LogP contribution in [-0.2, 0) is 21.1 Å². The third kappa shape index (κ3) is 4.91. The molecule has 2 heterocycles. The number of rotatable bonds is 5. The van der Waals surface area contributed by atoms with Crippen molar-refractivity contribution in [1.29, 1.82) is 0 Å². The lowest BCUT2D eigenvalue weighted by atomic mass is 9.89. The minimum Gasteiger partial charge on any atom is -0.485 e. The fourth-order valence-corrected chi connectivity index (χ4v) is 5.28. The molecule has 3 aromatic carbocycles. The Hall–Kier alpha value is -4.35. The van der Waals surface area contributed by atoms with Crippen LogP contribution >= 0.6 is 0 Å².